The third-order valence-electron chi connectivity index (χ3n) is 2.88. The second-order valence-corrected chi connectivity index (χ2v) is 4.38. The van der Waals surface area contributed by atoms with Gasteiger partial charge in [0.1, 0.15) is 5.69 Å². The van der Waals surface area contributed by atoms with Crippen LogP contribution in [0.5, 0.6) is 0 Å². The summed E-state index contributed by atoms with van der Waals surface area (Å²) in [5.41, 5.74) is 0.843. The predicted octanol–water partition coefficient (Wildman–Crippen LogP) is 2.87. The Morgan fingerprint density at radius 1 is 1.29 bits per heavy atom. The molecule has 2 amide bonds. The third-order valence-corrected chi connectivity index (χ3v) is 2.88. The first-order valence-corrected chi connectivity index (χ1v) is 6.29. The van der Waals surface area contributed by atoms with Crippen molar-refractivity contribution in [2.24, 2.45) is 0 Å². The Labute approximate surface area is 121 Å². The monoisotopic (exact) mass is 286 g/mol. The lowest BCUT2D eigenvalue weighted by atomic mass is 10.1. The number of nitro benzene ring substituents is 1. The largest absolute Gasteiger partial charge is 0.331 e. The van der Waals surface area contributed by atoms with E-state index in [0.717, 1.165) is 5.56 Å². The van der Waals surface area contributed by atoms with Gasteiger partial charge in [-0.3, -0.25) is 15.1 Å². The first kappa shape index (κ1) is 14.4. The third kappa shape index (κ3) is 3.75. The topological polar surface area (TPSA) is 97.2 Å². The number of pyridine rings is 1. The van der Waals surface area contributed by atoms with Gasteiger partial charge in [-0.15, -0.1) is 0 Å². The zero-order valence-corrected chi connectivity index (χ0v) is 11.3. The average Bonchev–Trinajstić information content (AvgIpc) is 2.48. The molecule has 0 aliphatic carbocycles. The van der Waals surface area contributed by atoms with Crippen molar-refractivity contribution in [1.29, 1.82) is 0 Å². The van der Waals surface area contributed by atoms with Crippen LogP contribution >= 0.6 is 0 Å². The number of anilines is 1. The SMILES string of the molecule is C[C@H](NC(=O)Nc1ccccc1[N+](=O)[O-])c1cccnc1. The molecular weight excluding hydrogens is 272 g/mol. The van der Waals surface area contributed by atoms with Crippen molar-refractivity contribution in [2.75, 3.05) is 5.32 Å². The number of aromatic nitrogens is 1. The quantitative estimate of drug-likeness (QED) is 0.667. The predicted molar refractivity (Wildman–Crippen MR) is 77.9 cm³/mol. The zero-order chi connectivity index (χ0) is 15.2. The van der Waals surface area contributed by atoms with Gasteiger partial charge in [-0.2, -0.15) is 0 Å². The maximum absolute atomic E-state index is 11.9. The number of hydrogen-bond donors (Lipinski definition) is 2. The van der Waals surface area contributed by atoms with Gasteiger partial charge >= 0.3 is 6.03 Å². The molecule has 0 unspecified atom stereocenters. The molecule has 0 fully saturated rings. The number of carbonyl (C=O) groups excluding carboxylic acids is 1. The van der Waals surface area contributed by atoms with Crippen LogP contribution in [-0.4, -0.2) is 15.9 Å². The summed E-state index contributed by atoms with van der Waals surface area (Å²) in [7, 11) is 0. The Bertz CT molecular complexity index is 646. The summed E-state index contributed by atoms with van der Waals surface area (Å²) >= 11 is 0. The summed E-state index contributed by atoms with van der Waals surface area (Å²) in [6.45, 7) is 1.80. The summed E-state index contributed by atoms with van der Waals surface area (Å²) in [6.07, 6.45) is 3.29. The number of para-hydroxylation sites is 2. The molecule has 0 bridgehead atoms. The van der Waals surface area contributed by atoms with E-state index in [1.54, 1.807) is 37.5 Å². The zero-order valence-electron chi connectivity index (χ0n) is 11.3. The van der Waals surface area contributed by atoms with Gasteiger partial charge in [0.2, 0.25) is 0 Å². The minimum absolute atomic E-state index is 0.151. The van der Waals surface area contributed by atoms with Crippen molar-refractivity contribution in [3.63, 3.8) is 0 Å². The standard InChI is InChI=1S/C14H14N4O3/c1-10(11-5-4-8-15-9-11)16-14(19)17-12-6-2-3-7-13(12)18(20)21/h2-10H,1H3,(H2,16,17,19)/t10-/m0/s1. The molecule has 0 saturated heterocycles. The van der Waals surface area contributed by atoms with Crippen LogP contribution in [0.25, 0.3) is 0 Å². The number of benzene rings is 1. The molecule has 1 atom stereocenters. The molecule has 2 aromatic rings. The van der Waals surface area contributed by atoms with Crippen LogP contribution < -0.4 is 10.6 Å². The van der Waals surface area contributed by atoms with Crippen LogP contribution in [0.3, 0.4) is 0 Å². The van der Waals surface area contributed by atoms with E-state index in [1.165, 1.54) is 12.1 Å². The lowest BCUT2D eigenvalue weighted by Crippen LogP contribution is -2.31. The highest BCUT2D eigenvalue weighted by molar-refractivity contribution is 5.91. The summed E-state index contributed by atoms with van der Waals surface area (Å²) in [6, 6.07) is 8.80. The Morgan fingerprint density at radius 3 is 2.71 bits per heavy atom. The number of urea groups is 1. The lowest BCUT2D eigenvalue weighted by Gasteiger charge is -2.14. The van der Waals surface area contributed by atoms with Gasteiger partial charge < -0.3 is 10.6 Å². The first-order chi connectivity index (χ1) is 10.1. The Balaban J connectivity index is 2.04. The van der Waals surface area contributed by atoms with Crippen molar-refractivity contribution < 1.29 is 9.72 Å². The highest BCUT2D eigenvalue weighted by atomic mass is 16.6. The smallest absolute Gasteiger partial charge is 0.319 e. The van der Waals surface area contributed by atoms with Crippen molar-refractivity contribution in [1.82, 2.24) is 10.3 Å². The molecule has 0 aliphatic heterocycles. The molecule has 1 aromatic carbocycles. The fraction of sp³-hybridized carbons (Fsp3) is 0.143. The highest BCUT2D eigenvalue weighted by Crippen LogP contribution is 2.23. The van der Waals surface area contributed by atoms with E-state index < -0.39 is 11.0 Å². The van der Waals surface area contributed by atoms with Crippen LogP contribution in [0.2, 0.25) is 0 Å². The molecule has 0 saturated carbocycles. The molecule has 108 valence electrons. The van der Waals surface area contributed by atoms with Gasteiger partial charge in [-0.1, -0.05) is 18.2 Å². The van der Waals surface area contributed by atoms with Crippen LogP contribution in [0, 0.1) is 10.1 Å². The van der Waals surface area contributed by atoms with Crippen molar-refractivity contribution in [3.8, 4) is 0 Å². The molecule has 1 aromatic heterocycles. The average molecular weight is 286 g/mol. The number of hydrogen-bond acceptors (Lipinski definition) is 4. The van der Waals surface area contributed by atoms with Gasteiger partial charge in [0.25, 0.3) is 5.69 Å². The highest BCUT2D eigenvalue weighted by Gasteiger charge is 2.16. The lowest BCUT2D eigenvalue weighted by molar-refractivity contribution is -0.383. The van der Waals surface area contributed by atoms with Gasteiger partial charge in [-0.05, 0) is 24.6 Å². The van der Waals surface area contributed by atoms with E-state index in [1.807, 2.05) is 6.07 Å². The fourth-order valence-electron chi connectivity index (χ4n) is 1.81. The molecule has 7 nitrogen and oxygen atoms in total. The molecule has 7 heteroatoms. The van der Waals surface area contributed by atoms with Crippen LogP contribution in [0.1, 0.15) is 18.5 Å². The molecule has 0 radical (unpaired) electrons. The molecular formula is C14H14N4O3. The van der Waals surface area contributed by atoms with Gasteiger partial charge in [0.05, 0.1) is 11.0 Å². The number of nitrogens with zero attached hydrogens (tertiary/aromatic N) is 2. The molecule has 1 heterocycles. The summed E-state index contributed by atoms with van der Waals surface area (Å²) in [5.74, 6) is 0. The van der Waals surface area contributed by atoms with Gasteiger partial charge in [0, 0.05) is 18.5 Å². The molecule has 2 N–H and O–H groups in total. The fourth-order valence-corrected chi connectivity index (χ4v) is 1.81. The van der Waals surface area contributed by atoms with E-state index in [0.29, 0.717) is 0 Å². The number of amides is 2. The Hall–Kier alpha value is -2.96. The number of rotatable bonds is 4. The number of nitro groups is 1. The number of carbonyl (C=O) groups is 1. The van der Waals surface area contributed by atoms with Gasteiger partial charge in [-0.25, -0.2) is 4.79 Å². The van der Waals surface area contributed by atoms with Crippen molar-refractivity contribution >= 4 is 17.4 Å². The van der Waals surface area contributed by atoms with Crippen molar-refractivity contribution in [2.45, 2.75) is 13.0 Å². The van der Waals surface area contributed by atoms with E-state index in [9.17, 15) is 14.9 Å². The van der Waals surface area contributed by atoms with Crippen LogP contribution in [-0.2, 0) is 0 Å². The Morgan fingerprint density at radius 2 is 2.05 bits per heavy atom. The maximum atomic E-state index is 11.9. The first-order valence-electron chi connectivity index (χ1n) is 6.29. The minimum atomic E-state index is -0.542. The van der Waals surface area contributed by atoms with Gasteiger partial charge in [0.15, 0.2) is 0 Å². The second-order valence-electron chi connectivity index (χ2n) is 4.38. The number of nitrogens with one attached hydrogen (secondary N) is 2. The minimum Gasteiger partial charge on any atom is -0.331 e. The molecule has 0 spiro atoms. The van der Waals surface area contributed by atoms with E-state index in [2.05, 4.69) is 15.6 Å². The van der Waals surface area contributed by atoms with Crippen molar-refractivity contribution in [3.05, 3.63) is 64.5 Å². The van der Waals surface area contributed by atoms with E-state index in [4.69, 9.17) is 0 Å². The summed E-state index contributed by atoms with van der Waals surface area (Å²) in [4.78, 5) is 26.2. The van der Waals surface area contributed by atoms with E-state index >= 15 is 0 Å². The van der Waals surface area contributed by atoms with Crippen LogP contribution in [0.15, 0.2) is 48.8 Å². The molecule has 21 heavy (non-hydrogen) atoms. The van der Waals surface area contributed by atoms with Crippen LogP contribution in [0.4, 0.5) is 16.2 Å². The molecule has 2 rings (SSSR count). The molecule has 0 aliphatic rings. The maximum Gasteiger partial charge on any atom is 0.319 e. The summed E-state index contributed by atoms with van der Waals surface area (Å²) in [5, 5.41) is 16.1. The normalized spacial score (nSPS) is 11.5. The summed E-state index contributed by atoms with van der Waals surface area (Å²) < 4.78 is 0. The van der Waals surface area contributed by atoms with E-state index in [-0.39, 0.29) is 17.4 Å². The Kier molecular flexibility index (Phi) is 4.45. The second kappa shape index (κ2) is 6.47.